The molecule has 2 heterocycles. The van der Waals surface area contributed by atoms with Gasteiger partial charge in [0, 0.05) is 30.2 Å². The number of aromatic nitrogens is 1. The van der Waals surface area contributed by atoms with E-state index in [1.807, 2.05) is 65.6 Å². The van der Waals surface area contributed by atoms with Crippen LogP contribution in [0.4, 0.5) is 5.69 Å². The van der Waals surface area contributed by atoms with Crippen molar-refractivity contribution < 1.29 is 9.53 Å². The van der Waals surface area contributed by atoms with Crippen LogP contribution in [0.25, 0.3) is 0 Å². The van der Waals surface area contributed by atoms with Gasteiger partial charge in [-0.15, -0.1) is 0 Å². The molecule has 1 N–H and O–H groups in total. The highest BCUT2D eigenvalue weighted by atomic mass is 16.5. The molecule has 1 aliphatic heterocycles. The smallest absolute Gasteiger partial charge is 0.257 e. The Kier molecular flexibility index (Phi) is 4.75. The van der Waals surface area contributed by atoms with Crippen molar-refractivity contribution in [2.24, 2.45) is 0 Å². The first-order valence-corrected chi connectivity index (χ1v) is 8.95. The first-order valence-electron chi connectivity index (χ1n) is 8.95. The van der Waals surface area contributed by atoms with Crippen LogP contribution >= 0.6 is 0 Å². The lowest BCUT2D eigenvalue weighted by atomic mass is 10.0. The third kappa shape index (κ3) is 3.49. The quantitative estimate of drug-likeness (QED) is 0.751. The minimum atomic E-state index is -0.237. The number of para-hydroxylation sites is 1. The molecule has 1 aromatic heterocycles. The number of nitrogens with zero attached hydrogens (tertiary/aromatic N) is 2. The average molecular weight is 359 g/mol. The standard InChI is InChI=1S/C22H21N3O2/c1-27-18-10-8-16(9-11-18)12-14-25-21(17-5-4-13-23-15-17)24-20-7-3-2-6-19(20)22(25)26/h2-11,13,15,21,24H,12,14H2,1H3/t21-/m1/s1. The first-order chi connectivity index (χ1) is 13.3. The molecular formula is C22H21N3O2. The Labute approximate surface area is 158 Å². The van der Waals surface area contributed by atoms with Gasteiger partial charge in [0.15, 0.2) is 0 Å². The van der Waals surface area contributed by atoms with E-state index in [0.717, 1.165) is 29.0 Å². The van der Waals surface area contributed by atoms with Gasteiger partial charge in [-0.25, -0.2) is 0 Å². The molecule has 136 valence electrons. The number of nitrogens with one attached hydrogen (secondary N) is 1. The highest BCUT2D eigenvalue weighted by Gasteiger charge is 2.32. The van der Waals surface area contributed by atoms with Crippen molar-refractivity contribution in [3.05, 3.63) is 89.7 Å². The van der Waals surface area contributed by atoms with Crippen molar-refractivity contribution >= 4 is 11.6 Å². The van der Waals surface area contributed by atoms with Gasteiger partial charge in [0.05, 0.1) is 12.7 Å². The summed E-state index contributed by atoms with van der Waals surface area (Å²) in [7, 11) is 1.66. The molecule has 5 heteroatoms. The third-order valence-corrected chi connectivity index (χ3v) is 4.82. The van der Waals surface area contributed by atoms with E-state index in [9.17, 15) is 4.79 Å². The maximum atomic E-state index is 13.2. The number of benzene rings is 2. The maximum Gasteiger partial charge on any atom is 0.257 e. The summed E-state index contributed by atoms with van der Waals surface area (Å²) >= 11 is 0. The fraction of sp³-hybridized carbons (Fsp3) is 0.182. The van der Waals surface area contributed by atoms with Crippen LogP contribution in [0.1, 0.15) is 27.7 Å². The second-order valence-electron chi connectivity index (χ2n) is 6.48. The number of anilines is 1. The summed E-state index contributed by atoms with van der Waals surface area (Å²) in [6.45, 7) is 0.603. The summed E-state index contributed by atoms with van der Waals surface area (Å²) < 4.78 is 5.21. The van der Waals surface area contributed by atoms with Gasteiger partial charge in [-0.1, -0.05) is 30.3 Å². The van der Waals surface area contributed by atoms with E-state index < -0.39 is 0 Å². The van der Waals surface area contributed by atoms with Crippen molar-refractivity contribution in [2.75, 3.05) is 19.0 Å². The Hall–Kier alpha value is -3.34. The Balaban J connectivity index is 1.61. The fourth-order valence-corrected chi connectivity index (χ4v) is 3.37. The Morgan fingerprint density at radius 1 is 1.07 bits per heavy atom. The SMILES string of the molecule is COc1ccc(CCN2C(=O)c3ccccc3N[C@H]2c2cccnc2)cc1. The molecule has 1 amide bonds. The largest absolute Gasteiger partial charge is 0.497 e. The van der Waals surface area contributed by atoms with Crippen LogP contribution in [0.2, 0.25) is 0 Å². The third-order valence-electron chi connectivity index (χ3n) is 4.82. The lowest BCUT2D eigenvalue weighted by Gasteiger charge is -2.38. The molecule has 27 heavy (non-hydrogen) atoms. The van der Waals surface area contributed by atoms with E-state index in [-0.39, 0.29) is 12.1 Å². The van der Waals surface area contributed by atoms with Gasteiger partial charge in [-0.2, -0.15) is 0 Å². The van der Waals surface area contributed by atoms with E-state index >= 15 is 0 Å². The number of ether oxygens (including phenoxy) is 1. The molecule has 4 rings (SSSR count). The van der Waals surface area contributed by atoms with Crippen molar-refractivity contribution in [3.63, 3.8) is 0 Å². The van der Waals surface area contributed by atoms with Crippen molar-refractivity contribution in [1.82, 2.24) is 9.88 Å². The Morgan fingerprint density at radius 3 is 2.63 bits per heavy atom. The zero-order valence-corrected chi connectivity index (χ0v) is 15.1. The number of hydrogen-bond acceptors (Lipinski definition) is 4. The summed E-state index contributed by atoms with van der Waals surface area (Å²) in [6.07, 6.45) is 4.07. The number of carbonyl (C=O) groups is 1. The molecule has 0 unspecified atom stereocenters. The van der Waals surface area contributed by atoms with Crippen LogP contribution in [-0.2, 0) is 6.42 Å². The summed E-state index contributed by atoms with van der Waals surface area (Å²) in [5.41, 5.74) is 3.69. The summed E-state index contributed by atoms with van der Waals surface area (Å²) in [4.78, 5) is 19.3. The second-order valence-corrected chi connectivity index (χ2v) is 6.48. The highest BCUT2D eigenvalue weighted by Crippen LogP contribution is 2.32. The summed E-state index contributed by atoms with van der Waals surface area (Å²) in [6, 6.07) is 19.5. The number of hydrogen-bond donors (Lipinski definition) is 1. The zero-order chi connectivity index (χ0) is 18.6. The van der Waals surface area contributed by atoms with Gasteiger partial charge in [0.2, 0.25) is 0 Å². The van der Waals surface area contributed by atoms with Crippen LogP contribution in [0.15, 0.2) is 73.1 Å². The number of pyridine rings is 1. The van der Waals surface area contributed by atoms with Crippen molar-refractivity contribution in [1.29, 1.82) is 0 Å². The number of rotatable bonds is 5. The molecule has 1 aliphatic rings. The molecule has 0 saturated heterocycles. The lowest BCUT2D eigenvalue weighted by Crippen LogP contribution is -2.44. The molecule has 0 saturated carbocycles. The minimum Gasteiger partial charge on any atom is -0.497 e. The lowest BCUT2D eigenvalue weighted by molar-refractivity contribution is 0.0685. The first kappa shape index (κ1) is 17.1. The van der Waals surface area contributed by atoms with E-state index in [2.05, 4.69) is 10.3 Å². The van der Waals surface area contributed by atoms with Gasteiger partial charge in [-0.05, 0) is 42.3 Å². The fourth-order valence-electron chi connectivity index (χ4n) is 3.37. The van der Waals surface area contributed by atoms with Crippen molar-refractivity contribution in [2.45, 2.75) is 12.6 Å². The van der Waals surface area contributed by atoms with E-state index in [4.69, 9.17) is 4.74 Å². The zero-order valence-electron chi connectivity index (χ0n) is 15.1. The van der Waals surface area contributed by atoms with Gasteiger partial charge in [0.25, 0.3) is 5.91 Å². The number of fused-ring (bicyclic) bond motifs is 1. The highest BCUT2D eigenvalue weighted by molar-refractivity contribution is 6.01. The maximum absolute atomic E-state index is 13.2. The van der Waals surface area contributed by atoms with Gasteiger partial charge < -0.3 is 15.0 Å². The minimum absolute atomic E-state index is 0.0340. The predicted octanol–water partition coefficient (Wildman–Crippen LogP) is 3.90. The number of methoxy groups -OCH3 is 1. The van der Waals surface area contributed by atoms with Gasteiger partial charge in [0.1, 0.15) is 11.9 Å². The van der Waals surface area contributed by atoms with Crippen LogP contribution < -0.4 is 10.1 Å². The molecule has 1 atom stereocenters. The van der Waals surface area contributed by atoms with Crippen LogP contribution in [0.3, 0.4) is 0 Å². The summed E-state index contributed by atoms with van der Waals surface area (Å²) in [5.74, 6) is 0.864. The normalized spacial score (nSPS) is 15.8. The molecule has 0 aliphatic carbocycles. The van der Waals surface area contributed by atoms with Gasteiger partial charge >= 0.3 is 0 Å². The number of amides is 1. The Morgan fingerprint density at radius 2 is 1.89 bits per heavy atom. The van der Waals surface area contributed by atoms with Crippen molar-refractivity contribution in [3.8, 4) is 5.75 Å². The van der Waals surface area contributed by atoms with Crippen LogP contribution in [0, 0.1) is 0 Å². The molecule has 0 fully saturated rings. The molecule has 5 nitrogen and oxygen atoms in total. The average Bonchev–Trinajstić information content (AvgIpc) is 2.74. The Bertz CT molecular complexity index is 926. The second kappa shape index (κ2) is 7.50. The van der Waals surface area contributed by atoms with E-state index in [1.54, 1.807) is 19.5 Å². The molecule has 0 spiro atoms. The molecule has 3 aromatic rings. The predicted molar refractivity (Wildman–Crippen MR) is 105 cm³/mol. The molecule has 0 radical (unpaired) electrons. The van der Waals surface area contributed by atoms with E-state index in [1.165, 1.54) is 0 Å². The summed E-state index contributed by atoms with van der Waals surface area (Å²) in [5, 5.41) is 3.49. The van der Waals surface area contributed by atoms with Gasteiger partial charge in [-0.3, -0.25) is 9.78 Å². The van der Waals surface area contributed by atoms with Crippen LogP contribution in [-0.4, -0.2) is 29.4 Å². The van der Waals surface area contributed by atoms with Crippen LogP contribution in [0.5, 0.6) is 5.75 Å². The molecule has 0 bridgehead atoms. The topological polar surface area (TPSA) is 54.5 Å². The molecular weight excluding hydrogens is 338 g/mol. The number of carbonyl (C=O) groups excluding carboxylic acids is 1. The van der Waals surface area contributed by atoms with E-state index in [0.29, 0.717) is 12.1 Å². The monoisotopic (exact) mass is 359 g/mol. The molecule has 2 aromatic carbocycles.